The van der Waals surface area contributed by atoms with Gasteiger partial charge in [-0.15, -0.1) is 0 Å². The summed E-state index contributed by atoms with van der Waals surface area (Å²) >= 11 is 0. The average molecular weight is 258 g/mol. The summed E-state index contributed by atoms with van der Waals surface area (Å²) in [7, 11) is 1.85. The first kappa shape index (κ1) is 12.9. The molecule has 98 valence electrons. The molecule has 2 aromatic rings. The van der Waals surface area contributed by atoms with Crippen LogP contribution < -0.4 is 4.90 Å². The second kappa shape index (κ2) is 5.43. The van der Waals surface area contributed by atoms with Crippen LogP contribution in [0.15, 0.2) is 36.7 Å². The summed E-state index contributed by atoms with van der Waals surface area (Å²) in [6.07, 6.45) is 2.44. The summed E-state index contributed by atoms with van der Waals surface area (Å²) in [5.41, 5.74) is 2.26. The van der Waals surface area contributed by atoms with Crippen LogP contribution in [0.1, 0.15) is 11.1 Å². The molecule has 19 heavy (non-hydrogen) atoms. The molecule has 0 amide bonds. The summed E-state index contributed by atoms with van der Waals surface area (Å²) in [6, 6.07) is 8.05. The first-order valence-corrected chi connectivity index (χ1v) is 5.80. The van der Waals surface area contributed by atoms with E-state index in [2.05, 4.69) is 9.97 Å². The molecule has 0 aliphatic rings. The Morgan fingerprint density at radius 2 is 1.89 bits per heavy atom. The van der Waals surface area contributed by atoms with Crippen molar-refractivity contribution in [2.75, 3.05) is 11.9 Å². The lowest BCUT2D eigenvalue weighted by Crippen LogP contribution is -2.19. The van der Waals surface area contributed by atoms with E-state index in [1.54, 1.807) is 0 Å². The van der Waals surface area contributed by atoms with Gasteiger partial charge in [0.25, 0.3) is 0 Å². The van der Waals surface area contributed by atoms with Crippen LogP contribution >= 0.6 is 0 Å². The molecule has 0 fully saturated rings. The molecule has 1 aromatic carbocycles. The van der Waals surface area contributed by atoms with Gasteiger partial charge in [-0.1, -0.05) is 24.3 Å². The Balaban J connectivity index is 2.14. The van der Waals surface area contributed by atoms with Gasteiger partial charge >= 0.3 is 5.69 Å². The third kappa shape index (κ3) is 3.04. The summed E-state index contributed by atoms with van der Waals surface area (Å²) in [5.74, 6) is 0.467. The van der Waals surface area contributed by atoms with Gasteiger partial charge in [-0.2, -0.15) is 0 Å². The van der Waals surface area contributed by atoms with Crippen LogP contribution in [0.2, 0.25) is 0 Å². The number of aromatic nitrogens is 2. The molecule has 1 aromatic heterocycles. The molecule has 0 unspecified atom stereocenters. The van der Waals surface area contributed by atoms with Gasteiger partial charge in [-0.25, -0.2) is 9.97 Å². The van der Waals surface area contributed by atoms with Crippen molar-refractivity contribution in [3.8, 4) is 0 Å². The summed E-state index contributed by atoms with van der Waals surface area (Å²) in [6.45, 7) is 2.70. The molecule has 0 aliphatic carbocycles. The van der Waals surface area contributed by atoms with Crippen LogP contribution in [0.5, 0.6) is 0 Å². The van der Waals surface area contributed by atoms with Gasteiger partial charge in [0.1, 0.15) is 12.4 Å². The Morgan fingerprint density at radius 3 is 2.47 bits per heavy atom. The third-order valence-corrected chi connectivity index (χ3v) is 2.85. The summed E-state index contributed by atoms with van der Waals surface area (Å²) in [4.78, 5) is 19.9. The van der Waals surface area contributed by atoms with E-state index in [1.807, 2.05) is 43.1 Å². The van der Waals surface area contributed by atoms with Gasteiger partial charge in [-0.3, -0.25) is 10.1 Å². The van der Waals surface area contributed by atoms with E-state index in [9.17, 15) is 10.1 Å². The minimum Gasteiger partial charge on any atom is -0.340 e. The highest BCUT2D eigenvalue weighted by Gasteiger charge is 2.10. The zero-order valence-corrected chi connectivity index (χ0v) is 10.8. The normalized spacial score (nSPS) is 10.2. The Hall–Kier alpha value is -2.50. The lowest BCUT2D eigenvalue weighted by Gasteiger charge is -2.17. The minimum atomic E-state index is -0.509. The van der Waals surface area contributed by atoms with Crippen molar-refractivity contribution in [2.24, 2.45) is 0 Å². The molecule has 0 bridgehead atoms. The average Bonchev–Trinajstić information content (AvgIpc) is 2.41. The first-order chi connectivity index (χ1) is 9.08. The maximum Gasteiger partial charge on any atom is 0.305 e. The van der Waals surface area contributed by atoms with Gasteiger partial charge < -0.3 is 4.90 Å². The van der Waals surface area contributed by atoms with E-state index in [4.69, 9.17) is 0 Å². The largest absolute Gasteiger partial charge is 0.340 e. The predicted octanol–water partition coefficient (Wildman–Crippen LogP) is 2.33. The number of anilines is 1. The highest BCUT2D eigenvalue weighted by Crippen LogP contribution is 2.15. The van der Waals surface area contributed by atoms with Gasteiger partial charge in [0, 0.05) is 13.6 Å². The smallest absolute Gasteiger partial charge is 0.305 e. The second-order valence-electron chi connectivity index (χ2n) is 4.28. The van der Waals surface area contributed by atoms with Gasteiger partial charge in [-0.05, 0) is 18.1 Å². The highest BCUT2D eigenvalue weighted by atomic mass is 16.6. The molecule has 0 spiro atoms. The summed E-state index contributed by atoms with van der Waals surface area (Å²) in [5, 5.41) is 10.5. The van der Waals surface area contributed by atoms with Crippen LogP contribution in [0, 0.1) is 17.0 Å². The van der Waals surface area contributed by atoms with E-state index in [-0.39, 0.29) is 5.69 Å². The number of aryl methyl sites for hydroxylation is 1. The zero-order valence-electron chi connectivity index (χ0n) is 10.8. The van der Waals surface area contributed by atoms with E-state index >= 15 is 0 Å². The van der Waals surface area contributed by atoms with Crippen molar-refractivity contribution < 1.29 is 4.92 Å². The molecule has 0 radical (unpaired) electrons. The second-order valence-corrected chi connectivity index (χ2v) is 4.28. The van der Waals surface area contributed by atoms with E-state index in [1.165, 1.54) is 23.5 Å². The fourth-order valence-electron chi connectivity index (χ4n) is 1.72. The van der Waals surface area contributed by atoms with Gasteiger partial charge in [0.05, 0.1) is 4.92 Å². The number of benzene rings is 1. The van der Waals surface area contributed by atoms with E-state index < -0.39 is 4.92 Å². The molecule has 0 atom stereocenters. The van der Waals surface area contributed by atoms with Crippen LogP contribution in [0.4, 0.5) is 11.6 Å². The maximum atomic E-state index is 10.5. The predicted molar refractivity (Wildman–Crippen MR) is 72.0 cm³/mol. The Labute approximate surface area is 110 Å². The summed E-state index contributed by atoms with van der Waals surface area (Å²) < 4.78 is 0. The molecule has 0 N–H and O–H groups in total. The monoisotopic (exact) mass is 258 g/mol. The lowest BCUT2D eigenvalue weighted by molar-refractivity contribution is -0.385. The first-order valence-electron chi connectivity index (χ1n) is 5.80. The van der Waals surface area contributed by atoms with E-state index in [0.29, 0.717) is 12.5 Å². The van der Waals surface area contributed by atoms with Crippen molar-refractivity contribution in [2.45, 2.75) is 13.5 Å². The van der Waals surface area contributed by atoms with Crippen molar-refractivity contribution in [3.63, 3.8) is 0 Å². The van der Waals surface area contributed by atoms with Gasteiger partial charge in [0.15, 0.2) is 0 Å². The van der Waals surface area contributed by atoms with Crippen LogP contribution in [0.25, 0.3) is 0 Å². The number of nitrogens with zero attached hydrogens (tertiary/aromatic N) is 4. The van der Waals surface area contributed by atoms with Crippen molar-refractivity contribution in [3.05, 3.63) is 57.9 Å². The fraction of sp³-hybridized carbons (Fsp3) is 0.231. The number of hydrogen-bond donors (Lipinski definition) is 0. The Morgan fingerprint density at radius 1 is 1.26 bits per heavy atom. The molecule has 0 aliphatic heterocycles. The quantitative estimate of drug-likeness (QED) is 0.621. The molecule has 2 rings (SSSR count). The van der Waals surface area contributed by atoms with Crippen LogP contribution in [-0.2, 0) is 6.54 Å². The lowest BCUT2D eigenvalue weighted by atomic mass is 10.1. The number of nitro groups is 1. The molecule has 0 saturated carbocycles. The maximum absolute atomic E-state index is 10.5. The van der Waals surface area contributed by atoms with Crippen molar-refractivity contribution in [1.29, 1.82) is 0 Å². The highest BCUT2D eigenvalue weighted by molar-refractivity contribution is 5.36. The number of rotatable bonds is 4. The number of hydrogen-bond acceptors (Lipinski definition) is 5. The van der Waals surface area contributed by atoms with Crippen LogP contribution in [0.3, 0.4) is 0 Å². The molecule has 6 nitrogen and oxygen atoms in total. The minimum absolute atomic E-state index is 0.104. The van der Waals surface area contributed by atoms with Crippen molar-refractivity contribution in [1.82, 2.24) is 9.97 Å². The molecule has 1 heterocycles. The zero-order chi connectivity index (χ0) is 13.8. The van der Waals surface area contributed by atoms with Gasteiger partial charge in [0.2, 0.25) is 5.95 Å². The molecular formula is C13H14N4O2. The third-order valence-electron chi connectivity index (χ3n) is 2.85. The molecule has 0 saturated heterocycles. The standard InChI is InChI=1S/C13H14N4O2/c1-10-5-3-4-6-11(10)9-16(2)13-14-7-12(8-15-13)17(18)19/h3-8H,9H2,1-2H3. The topological polar surface area (TPSA) is 72.2 Å². The SMILES string of the molecule is Cc1ccccc1CN(C)c1ncc([N+](=O)[O-])cn1. The van der Waals surface area contributed by atoms with Crippen molar-refractivity contribution >= 4 is 11.6 Å². The Kier molecular flexibility index (Phi) is 3.70. The molecule has 6 heteroatoms. The fourth-order valence-corrected chi connectivity index (χ4v) is 1.72. The Bertz CT molecular complexity index is 583. The van der Waals surface area contributed by atoms with Crippen LogP contribution in [-0.4, -0.2) is 21.9 Å². The van der Waals surface area contributed by atoms with E-state index in [0.717, 1.165) is 0 Å². The molecular weight excluding hydrogens is 244 g/mol.